The van der Waals surface area contributed by atoms with Crippen molar-refractivity contribution in [3.8, 4) is 0 Å². The topological polar surface area (TPSA) is 237 Å². The highest BCUT2D eigenvalue weighted by Crippen LogP contribution is 2.59. The van der Waals surface area contributed by atoms with Crippen molar-refractivity contribution >= 4 is 34.2 Å². The standard InChI is InChI=1S/C17H28N2O14P2S/c1-7-4-19(8(2)18-16(7)24)12-3-9(21)11(30-12)6-29-34(25,26)33-35(27,28)32-17-14(23)15(36)13(22)10(5-20)31-17/h4,9-15,17,20-23,36H,2-3,5-6H2,1H3,(H,18,24)(H,25,26)(H,27,28)/p-1/t9?,10?,11-,12-,13+,14?,15+,17+/m1/s1. The van der Waals surface area contributed by atoms with Crippen LogP contribution in [0, 0.1) is 0 Å². The van der Waals surface area contributed by atoms with E-state index in [0.29, 0.717) is 5.57 Å². The summed E-state index contributed by atoms with van der Waals surface area (Å²) < 4.78 is 48.1. The van der Waals surface area contributed by atoms with Gasteiger partial charge in [0.2, 0.25) is 0 Å². The number of hydrogen-bond donors (Lipinski definition) is 7. The largest absolute Gasteiger partial charge is 0.756 e. The van der Waals surface area contributed by atoms with Crippen LogP contribution >= 0.6 is 28.3 Å². The molecule has 3 aliphatic heterocycles. The van der Waals surface area contributed by atoms with Crippen LogP contribution in [-0.2, 0) is 36.8 Å². The molecule has 0 saturated carbocycles. The highest BCUT2D eigenvalue weighted by Gasteiger charge is 2.46. The highest BCUT2D eigenvalue weighted by molar-refractivity contribution is 7.81. The molecular weight excluding hydrogens is 550 g/mol. The lowest BCUT2D eigenvalue weighted by molar-refractivity contribution is -0.278. The molecule has 0 radical (unpaired) electrons. The molecule has 36 heavy (non-hydrogen) atoms. The molecule has 3 heterocycles. The lowest BCUT2D eigenvalue weighted by atomic mass is 10.0. The van der Waals surface area contributed by atoms with Crippen LogP contribution in [-0.4, -0.2) is 97.6 Å². The molecule has 16 nitrogen and oxygen atoms in total. The molecule has 19 heteroatoms. The van der Waals surface area contributed by atoms with E-state index in [1.54, 1.807) is 6.92 Å². The number of carbonyl (C=O) groups is 1. The highest BCUT2D eigenvalue weighted by atomic mass is 32.1. The summed E-state index contributed by atoms with van der Waals surface area (Å²) in [4.78, 5) is 35.1. The first-order valence-electron chi connectivity index (χ1n) is 10.4. The molecule has 0 spiro atoms. The number of nitrogens with zero attached hydrogens (tertiary/aromatic N) is 1. The number of thiol groups is 1. The summed E-state index contributed by atoms with van der Waals surface area (Å²) in [5, 5.41) is 40.5. The van der Waals surface area contributed by atoms with E-state index in [0.717, 1.165) is 0 Å². The van der Waals surface area contributed by atoms with Crippen molar-refractivity contribution in [1.29, 1.82) is 0 Å². The second kappa shape index (κ2) is 11.5. The van der Waals surface area contributed by atoms with Gasteiger partial charge in [0.05, 0.1) is 30.7 Å². The normalized spacial score (nSPS) is 38.8. The summed E-state index contributed by atoms with van der Waals surface area (Å²) in [7, 11) is -11.0. The van der Waals surface area contributed by atoms with Gasteiger partial charge in [0.1, 0.15) is 30.4 Å². The molecule has 0 aliphatic carbocycles. The molecule has 3 rings (SSSR count). The summed E-state index contributed by atoms with van der Waals surface area (Å²) in [6, 6.07) is 0. The van der Waals surface area contributed by atoms with Crippen LogP contribution in [0.2, 0.25) is 0 Å². The minimum Gasteiger partial charge on any atom is -0.756 e. The van der Waals surface area contributed by atoms with E-state index in [2.05, 4.69) is 37.9 Å². The molecule has 5 unspecified atom stereocenters. The molecule has 3 aliphatic rings. The fraction of sp³-hybridized carbons (Fsp3) is 0.706. The number of rotatable bonds is 9. The van der Waals surface area contributed by atoms with Gasteiger partial charge in [-0.15, -0.1) is 0 Å². The summed E-state index contributed by atoms with van der Waals surface area (Å²) in [6.45, 7) is 3.68. The number of aliphatic hydroxyl groups is 4. The lowest BCUT2D eigenvalue weighted by Gasteiger charge is -2.41. The monoisotopic (exact) mass is 577 g/mol. The molecule has 6 N–H and O–H groups in total. The predicted octanol–water partition coefficient (Wildman–Crippen LogP) is -2.37. The Kier molecular flexibility index (Phi) is 9.46. The predicted molar refractivity (Wildman–Crippen MR) is 118 cm³/mol. The van der Waals surface area contributed by atoms with Gasteiger partial charge in [-0.05, 0) is 6.92 Å². The van der Waals surface area contributed by atoms with Crippen molar-refractivity contribution < 1.29 is 67.0 Å². The fourth-order valence-electron chi connectivity index (χ4n) is 3.55. The Morgan fingerprint density at radius 2 is 1.94 bits per heavy atom. The van der Waals surface area contributed by atoms with Crippen molar-refractivity contribution in [3.63, 3.8) is 0 Å². The fourth-order valence-corrected chi connectivity index (χ4v) is 6.00. The molecule has 0 bridgehead atoms. The number of hydrogen-bond acceptors (Lipinski definition) is 15. The van der Waals surface area contributed by atoms with E-state index in [-0.39, 0.29) is 18.1 Å². The third kappa shape index (κ3) is 6.95. The minimum absolute atomic E-state index is 0.00782. The molecule has 1 amide bonds. The van der Waals surface area contributed by atoms with Crippen LogP contribution in [0.5, 0.6) is 0 Å². The van der Waals surface area contributed by atoms with E-state index < -0.39 is 77.1 Å². The van der Waals surface area contributed by atoms with Gasteiger partial charge in [0.15, 0.2) is 6.29 Å². The van der Waals surface area contributed by atoms with Crippen LogP contribution in [0.3, 0.4) is 0 Å². The third-order valence-corrected chi connectivity index (χ3v) is 8.64. The Labute approximate surface area is 210 Å². The first-order valence-corrected chi connectivity index (χ1v) is 13.9. The first-order chi connectivity index (χ1) is 16.6. The summed E-state index contributed by atoms with van der Waals surface area (Å²) in [6.07, 6.45) is -8.44. The van der Waals surface area contributed by atoms with Gasteiger partial charge in [0.25, 0.3) is 13.7 Å². The van der Waals surface area contributed by atoms with Gasteiger partial charge in [0, 0.05) is 18.2 Å². The zero-order valence-corrected chi connectivity index (χ0v) is 21.4. The third-order valence-electron chi connectivity index (χ3n) is 5.46. The average Bonchev–Trinajstić information content (AvgIpc) is 3.14. The Morgan fingerprint density at radius 1 is 1.28 bits per heavy atom. The Balaban J connectivity index is 1.56. The van der Waals surface area contributed by atoms with E-state index in [1.807, 2.05) is 0 Å². The number of phosphoric acid groups is 2. The lowest BCUT2D eigenvalue weighted by Crippen LogP contribution is -2.57. The number of phosphoric ester groups is 2. The number of amides is 1. The second-order valence-electron chi connectivity index (χ2n) is 8.15. The maximum Gasteiger partial charge on any atom is 0.478 e. The zero-order chi connectivity index (χ0) is 27.0. The van der Waals surface area contributed by atoms with Gasteiger partial charge in [-0.3, -0.25) is 18.4 Å². The smallest absolute Gasteiger partial charge is 0.478 e. The van der Waals surface area contributed by atoms with Crippen LogP contribution in [0.15, 0.2) is 24.2 Å². The van der Waals surface area contributed by atoms with Gasteiger partial charge in [-0.2, -0.15) is 12.6 Å². The van der Waals surface area contributed by atoms with E-state index in [9.17, 15) is 44.1 Å². The van der Waals surface area contributed by atoms with Crippen molar-refractivity contribution in [3.05, 3.63) is 24.2 Å². The Bertz CT molecular complexity index is 981. The number of carbonyl (C=O) groups excluding carboxylic acids is 1. The second-order valence-corrected chi connectivity index (χ2v) is 11.7. The van der Waals surface area contributed by atoms with E-state index in [4.69, 9.17) is 9.47 Å². The van der Waals surface area contributed by atoms with Crippen molar-refractivity contribution in [1.82, 2.24) is 10.2 Å². The van der Waals surface area contributed by atoms with Crippen LogP contribution in [0.25, 0.3) is 0 Å². The number of nitrogens with one attached hydrogen (secondary N) is 1. The number of aliphatic hydroxyl groups excluding tert-OH is 4. The summed E-state index contributed by atoms with van der Waals surface area (Å²) in [5.41, 5.74) is 0.343. The van der Waals surface area contributed by atoms with E-state index >= 15 is 0 Å². The molecule has 2 fully saturated rings. The SMILES string of the molecule is C=C1NC(=O)C(C)=CN1[C@H]1CC(O)[C@@H](COP(=O)(O)OP(=O)([O-])O[C@@H]2OC(CO)[C@H](O)[C@H](S)C2O)O1. The van der Waals surface area contributed by atoms with Crippen LogP contribution < -0.4 is 10.2 Å². The molecule has 2 saturated heterocycles. The molecule has 10 atom stereocenters. The zero-order valence-electron chi connectivity index (χ0n) is 18.7. The molecule has 0 aromatic heterocycles. The first kappa shape index (κ1) is 29.7. The average molecular weight is 577 g/mol. The van der Waals surface area contributed by atoms with Crippen molar-refractivity contribution in [2.24, 2.45) is 0 Å². The maximum absolute atomic E-state index is 12.2. The molecule has 0 aromatic carbocycles. The number of ether oxygens (including phenoxy) is 2. The Hall–Kier alpha value is -0.880. The van der Waals surface area contributed by atoms with Crippen molar-refractivity contribution in [2.45, 2.75) is 61.6 Å². The van der Waals surface area contributed by atoms with Gasteiger partial charge < -0.3 is 49.9 Å². The maximum atomic E-state index is 12.2. The van der Waals surface area contributed by atoms with E-state index in [1.165, 1.54) is 11.1 Å². The summed E-state index contributed by atoms with van der Waals surface area (Å²) >= 11 is 3.91. The van der Waals surface area contributed by atoms with Crippen LogP contribution in [0.1, 0.15) is 13.3 Å². The van der Waals surface area contributed by atoms with Crippen molar-refractivity contribution in [2.75, 3.05) is 13.2 Å². The minimum atomic E-state index is -5.68. The van der Waals surface area contributed by atoms with Crippen LogP contribution in [0.4, 0.5) is 0 Å². The molecule has 0 aromatic rings. The Morgan fingerprint density at radius 3 is 2.58 bits per heavy atom. The summed E-state index contributed by atoms with van der Waals surface area (Å²) in [5.74, 6) is -0.187. The quantitative estimate of drug-likeness (QED) is 0.112. The van der Waals surface area contributed by atoms with Gasteiger partial charge in [-0.25, -0.2) is 8.88 Å². The molecule has 206 valence electrons. The van der Waals surface area contributed by atoms with Gasteiger partial charge in [-0.1, -0.05) is 6.58 Å². The molecular formula is C17H27N2O14P2S-. The van der Waals surface area contributed by atoms with Gasteiger partial charge >= 0.3 is 7.82 Å².